The Bertz CT molecular complexity index is 664. The first-order valence-corrected chi connectivity index (χ1v) is 10.1. The fourth-order valence-corrected chi connectivity index (χ4v) is 3.74. The van der Waals surface area contributed by atoms with Crippen molar-refractivity contribution in [3.05, 3.63) is 23.8 Å². The molecular weight excluding hydrogens is 338 g/mol. The van der Waals surface area contributed by atoms with Gasteiger partial charge in [-0.3, -0.25) is 9.59 Å². The normalized spacial score (nSPS) is 15.7. The van der Waals surface area contributed by atoms with Crippen LogP contribution in [0.25, 0.3) is 0 Å². The summed E-state index contributed by atoms with van der Waals surface area (Å²) in [5.41, 5.74) is 2.93. The van der Waals surface area contributed by atoms with Crippen LogP contribution in [0.1, 0.15) is 58.9 Å². The van der Waals surface area contributed by atoms with Crippen LogP contribution in [0.3, 0.4) is 0 Å². The minimum Gasteiger partial charge on any atom is -0.377 e. The third-order valence-corrected chi connectivity index (χ3v) is 5.76. The van der Waals surface area contributed by atoms with Crippen LogP contribution in [-0.4, -0.2) is 36.9 Å². The molecule has 1 aliphatic rings. The highest BCUT2D eigenvalue weighted by Crippen LogP contribution is 2.29. The second-order valence-electron chi connectivity index (χ2n) is 8.34. The number of benzene rings is 1. The molecule has 1 saturated carbocycles. The Morgan fingerprint density at radius 1 is 1.15 bits per heavy atom. The van der Waals surface area contributed by atoms with Gasteiger partial charge in [-0.15, -0.1) is 0 Å². The minimum atomic E-state index is 0.0706. The predicted molar refractivity (Wildman–Crippen MR) is 112 cm³/mol. The molecule has 0 radical (unpaired) electrons. The van der Waals surface area contributed by atoms with Gasteiger partial charge in [-0.25, -0.2) is 0 Å². The Kier molecular flexibility index (Phi) is 7.28. The Morgan fingerprint density at radius 2 is 1.78 bits per heavy atom. The van der Waals surface area contributed by atoms with Gasteiger partial charge in [0.15, 0.2) is 0 Å². The van der Waals surface area contributed by atoms with Crippen LogP contribution in [0.2, 0.25) is 0 Å². The van der Waals surface area contributed by atoms with Crippen molar-refractivity contribution in [2.24, 2.45) is 11.8 Å². The molecule has 0 spiro atoms. The van der Waals surface area contributed by atoms with E-state index in [4.69, 9.17) is 0 Å². The molecule has 0 aromatic heterocycles. The quantitative estimate of drug-likeness (QED) is 0.776. The zero-order valence-corrected chi connectivity index (χ0v) is 17.7. The van der Waals surface area contributed by atoms with E-state index in [0.717, 1.165) is 42.6 Å². The summed E-state index contributed by atoms with van der Waals surface area (Å²) in [5, 5.41) is 3.08. The molecule has 0 heterocycles. The fourth-order valence-electron chi connectivity index (χ4n) is 3.74. The summed E-state index contributed by atoms with van der Waals surface area (Å²) >= 11 is 0. The van der Waals surface area contributed by atoms with Gasteiger partial charge in [0.25, 0.3) is 0 Å². The molecule has 0 saturated heterocycles. The SMILES string of the molecule is CC(=O)N(Cc1cc(NC(=O)C2CCCC2)ccc1N(C)C)C(C)C(C)C. The lowest BCUT2D eigenvalue weighted by molar-refractivity contribution is -0.132. The summed E-state index contributed by atoms with van der Waals surface area (Å²) in [5.74, 6) is 0.704. The summed E-state index contributed by atoms with van der Waals surface area (Å²) in [6, 6.07) is 6.15. The van der Waals surface area contributed by atoms with E-state index >= 15 is 0 Å². The van der Waals surface area contributed by atoms with Crippen LogP contribution < -0.4 is 10.2 Å². The van der Waals surface area contributed by atoms with Crippen LogP contribution in [0.15, 0.2) is 18.2 Å². The lowest BCUT2D eigenvalue weighted by Gasteiger charge is -2.32. The molecule has 27 heavy (non-hydrogen) atoms. The van der Waals surface area contributed by atoms with Gasteiger partial charge in [0, 0.05) is 50.9 Å². The van der Waals surface area contributed by atoms with Crippen LogP contribution in [0.4, 0.5) is 11.4 Å². The van der Waals surface area contributed by atoms with Crippen LogP contribution in [0, 0.1) is 11.8 Å². The van der Waals surface area contributed by atoms with Crippen LogP contribution >= 0.6 is 0 Å². The smallest absolute Gasteiger partial charge is 0.227 e. The van der Waals surface area contributed by atoms with Crippen LogP contribution in [0.5, 0.6) is 0 Å². The Labute approximate surface area is 164 Å². The first kappa shape index (κ1) is 21.3. The van der Waals surface area contributed by atoms with Gasteiger partial charge in [0.05, 0.1) is 0 Å². The first-order chi connectivity index (χ1) is 12.7. The van der Waals surface area contributed by atoms with Crippen molar-refractivity contribution in [3.8, 4) is 0 Å². The van der Waals surface area contributed by atoms with Crippen molar-refractivity contribution in [2.75, 3.05) is 24.3 Å². The van der Waals surface area contributed by atoms with E-state index in [1.54, 1.807) is 6.92 Å². The number of carbonyl (C=O) groups is 2. The van der Waals surface area contributed by atoms with E-state index in [2.05, 4.69) is 31.0 Å². The zero-order valence-electron chi connectivity index (χ0n) is 17.7. The molecule has 1 aliphatic carbocycles. The molecule has 0 bridgehead atoms. The average molecular weight is 374 g/mol. The number of nitrogens with zero attached hydrogens (tertiary/aromatic N) is 2. The van der Waals surface area contributed by atoms with Crippen LogP contribution in [-0.2, 0) is 16.1 Å². The molecule has 150 valence electrons. The molecule has 1 N–H and O–H groups in total. The highest BCUT2D eigenvalue weighted by atomic mass is 16.2. The monoisotopic (exact) mass is 373 g/mol. The number of rotatable bonds is 7. The Morgan fingerprint density at radius 3 is 2.30 bits per heavy atom. The first-order valence-electron chi connectivity index (χ1n) is 10.1. The van der Waals surface area contributed by atoms with Gasteiger partial charge in [0.1, 0.15) is 0 Å². The number of carbonyl (C=O) groups excluding carboxylic acids is 2. The number of hydrogen-bond donors (Lipinski definition) is 1. The minimum absolute atomic E-state index is 0.0706. The number of hydrogen-bond acceptors (Lipinski definition) is 3. The van der Waals surface area contributed by atoms with E-state index in [9.17, 15) is 9.59 Å². The van der Waals surface area contributed by atoms with E-state index in [1.165, 1.54) is 0 Å². The van der Waals surface area contributed by atoms with E-state index in [1.807, 2.05) is 37.2 Å². The second-order valence-corrected chi connectivity index (χ2v) is 8.34. The number of anilines is 2. The van der Waals surface area contributed by atoms with Crippen molar-refractivity contribution in [3.63, 3.8) is 0 Å². The van der Waals surface area contributed by atoms with E-state index in [0.29, 0.717) is 12.5 Å². The largest absolute Gasteiger partial charge is 0.377 e. The maximum absolute atomic E-state index is 12.5. The molecule has 1 aromatic rings. The lowest BCUT2D eigenvalue weighted by atomic mass is 10.0. The third kappa shape index (κ3) is 5.47. The molecule has 2 amide bonds. The maximum Gasteiger partial charge on any atom is 0.227 e. The van der Waals surface area contributed by atoms with E-state index < -0.39 is 0 Å². The van der Waals surface area contributed by atoms with Crippen molar-refractivity contribution in [1.82, 2.24) is 4.90 Å². The molecule has 5 nitrogen and oxygen atoms in total. The molecule has 2 rings (SSSR count). The van der Waals surface area contributed by atoms with Gasteiger partial charge in [-0.1, -0.05) is 26.7 Å². The van der Waals surface area contributed by atoms with Crippen molar-refractivity contribution >= 4 is 23.2 Å². The van der Waals surface area contributed by atoms with Gasteiger partial charge in [-0.2, -0.15) is 0 Å². The third-order valence-electron chi connectivity index (χ3n) is 5.76. The summed E-state index contributed by atoms with van der Waals surface area (Å²) < 4.78 is 0. The van der Waals surface area contributed by atoms with Gasteiger partial charge >= 0.3 is 0 Å². The molecular formula is C22H35N3O2. The average Bonchev–Trinajstić information content (AvgIpc) is 3.13. The van der Waals surface area contributed by atoms with Gasteiger partial charge in [-0.05, 0) is 49.4 Å². The lowest BCUT2D eigenvalue weighted by Crippen LogP contribution is -2.39. The number of nitrogens with one attached hydrogen (secondary N) is 1. The van der Waals surface area contributed by atoms with Gasteiger partial charge in [0.2, 0.25) is 11.8 Å². The molecule has 1 atom stereocenters. The second kappa shape index (κ2) is 9.25. The van der Waals surface area contributed by atoms with Crippen molar-refractivity contribution in [1.29, 1.82) is 0 Å². The Balaban J connectivity index is 2.26. The van der Waals surface area contributed by atoms with E-state index in [-0.39, 0.29) is 23.8 Å². The van der Waals surface area contributed by atoms with Crippen molar-refractivity contribution < 1.29 is 9.59 Å². The maximum atomic E-state index is 12.5. The summed E-state index contributed by atoms with van der Waals surface area (Å²) in [6.45, 7) is 8.51. The summed E-state index contributed by atoms with van der Waals surface area (Å²) in [7, 11) is 4.00. The van der Waals surface area contributed by atoms with Crippen molar-refractivity contribution in [2.45, 2.75) is 66.0 Å². The molecule has 1 unspecified atom stereocenters. The Hall–Kier alpha value is -2.04. The zero-order chi connectivity index (χ0) is 20.1. The topological polar surface area (TPSA) is 52.7 Å². The predicted octanol–water partition coefficient (Wildman–Crippen LogP) is 4.27. The highest BCUT2D eigenvalue weighted by molar-refractivity contribution is 5.93. The summed E-state index contributed by atoms with van der Waals surface area (Å²) in [6.07, 6.45) is 4.25. The molecule has 1 fully saturated rings. The number of amides is 2. The molecule has 5 heteroatoms. The van der Waals surface area contributed by atoms with Gasteiger partial charge < -0.3 is 15.1 Å². The standard InChI is InChI=1S/C22H35N3O2/c1-15(2)16(3)25(17(4)26)14-19-13-20(11-12-21(19)24(5)6)23-22(27)18-9-7-8-10-18/h11-13,15-16,18H,7-10,14H2,1-6H3,(H,23,27). The summed E-state index contributed by atoms with van der Waals surface area (Å²) in [4.78, 5) is 28.7. The molecule has 0 aliphatic heterocycles. The highest BCUT2D eigenvalue weighted by Gasteiger charge is 2.24. The fraction of sp³-hybridized carbons (Fsp3) is 0.636. The molecule has 1 aromatic carbocycles.